The Kier molecular flexibility index (Phi) is 6.15. The Balaban J connectivity index is 1.16. The lowest BCUT2D eigenvalue weighted by Gasteiger charge is -2.32. The van der Waals surface area contributed by atoms with E-state index in [-0.39, 0.29) is 12.7 Å². The van der Waals surface area contributed by atoms with Crippen molar-refractivity contribution in [1.82, 2.24) is 4.31 Å². The van der Waals surface area contributed by atoms with Crippen molar-refractivity contribution in [1.29, 1.82) is 0 Å². The van der Waals surface area contributed by atoms with Crippen LogP contribution in [0.15, 0.2) is 71.6 Å². The van der Waals surface area contributed by atoms with E-state index in [2.05, 4.69) is 16.5 Å². The molecule has 186 valence electrons. The molecular formula is C29H30N2O4S. The van der Waals surface area contributed by atoms with Gasteiger partial charge in [0.05, 0.1) is 22.8 Å². The maximum atomic E-state index is 13.3. The molecule has 0 spiro atoms. The van der Waals surface area contributed by atoms with Gasteiger partial charge in [0.1, 0.15) is 0 Å². The van der Waals surface area contributed by atoms with Gasteiger partial charge in [-0.05, 0) is 97.8 Å². The molecule has 2 unspecified atom stereocenters. The Morgan fingerprint density at radius 1 is 1.00 bits per heavy atom. The van der Waals surface area contributed by atoms with Crippen molar-refractivity contribution in [2.75, 3.05) is 18.7 Å². The van der Waals surface area contributed by atoms with E-state index in [1.807, 2.05) is 66.7 Å². The lowest BCUT2D eigenvalue weighted by molar-refractivity contribution is -0.118. The van der Waals surface area contributed by atoms with Crippen LogP contribution in [-0.4, -0.2) is 34.1 Å². The third-order valence-electron chi connectivity index (χ3n) is 7.57. The largest absolute Gasteiger partial charge is 0.593 e. The minimum absolute atomic E-state index is 0.0000821. The summed E-state index contributed by atoms with van der Waals surface area (Å²) in [6, 6.07) is 21.9. The minimum atomic E-state index is -1.14. The number of rotatable bonds is 6. The summed E-state index contributed by atoms with van der Waals surface area (Å²) in [6.45, 7) is 3.26. The van der Waals surface area contributed by atoms with E-state index in [4.69, 9.17) is 9.47 Å². The van der Waals surface area contributed by atoms with E-state index < -0.39 is 16.8 Å². The number of benzene rings is 3. The second-order valence-corrected chi connectivity index (χ2v) is 11.4. The summed E-state index contributed by atoms with van der Waals surface area (Å²) in [5, 5.41) is 3.13. The smallest absolute Gasteiger partial charge is 0.235 e. The number of hydrogen-bond acceptors (Lipinski definition) is 5. The first kappa shape index (κ1) is 23.4. The molecule has 1 amide bonds. The van der Waals surface area contributed by atoms with Crippen molar-refractivity contribution in [3.63, 3.8) is 0 Å². The lowest BCUT2D eigenvalue weighted by atomic mass is 9.94. The van der Waals surface area contributed by atoms with Crippen LogP contribution in [0.1, 0.15) is 44.6 Å². The van der Waals surface area contributed by atoms with Gasteiger partial charge in [-0.3, -0.25) is 4.79 Å². The van der Waals surface area contributed by atoms with Crippen LogP contribution in [-0.2, 0) is 21.6 Å². The molecule has 1 saturated heterocycles. The summed E-state index contributed by atoms with van der Waals surface area (Å²) in [5.74, 6) is 1.43. The fourth-order valence-electron chi connectivity index (χ4n) is 5.21. The predicted molar refractivity (Wildman–Crippen MR) is 140 cm³/mol. The van der Waals surface area contributed by atoms with Gasteiger partial charge in [0.25, 0.3) is 0 Å². The molecule has 3 aromatic rings. The van der Waals surface area contributed by atoms with Gasteiger partial charge in [-0.2, -0.15) is 0 Å². The highest BCUT2D eigenvalue weighted by atomic mass is 32.2. The zero-order valence-corrected chi connectivity index (χ0v) is 21.2. The van der Waals surface area contributed by atoms with Crippen LogP contribution in [0.2, 0.25) is 0 Å². The SMILES string of the molecule is CC1CCCCN1[S+]([O-])c1ccc(-c2cccc(NC(=O)C3(c4ccc5c(c4)OCO5)CC3)c2)cc1. The fourth-order valence-corrected chi connectivity index (χ4v) is 6.58. The summed E-state index contributed by atoms with van der Waals surface area (Å²) in [7, 11) is 0. The molecular weight excluding hydrogens is 472 g/mol. The van der Waals surface area contributed by atoms with Crippen LogP contribution in [0.4, 0.5) is 5.69 Å². The van der Waals surface area contributed by atoms with Gasteiger partial charge in [0, 0.05) is 12.2 Å². The Hall–Kier alpha value is -3.00. The van der Waals surface area contributed by atoms with Gasteiger partial charge in [0.2, 0.25) is 12.7 Å². The number of fused-ring (bicyclic) bond motifs is 1. The number of piperidine rings is 1. The molecule has 3 aliphatic rings. The number of nitrogens with one attached hydrogen (secondary N) is 1. The van der Waals surface area contributed by atoms with E-state index in [0.717, 1.165) is 65.3 Å². The molecule has 0 bridgehead atoms. The van der Waals surface area contributed by atoms with E-state index in [1.54, 1.807) is 0 Å². The monoisotopic (exact) mass is 502 g/mol. The second kappa shape index (κ2) is 9.47. The highest BCUT2D eigenvalue weighted by Gasteiger charge is 2.51. The summed E-state index contributed by atoms with van der Waals surface area (Å²) in [4.78, 5) is 14.1. The van der Waals surface area contributed by atoms with Crippen LogP contribution in [0, 0.1) is 0 Å². The van der Waals surface area contributed by atoms with Crippen molar-refractivity contribution < 1.29 is 18.8 Å². The first-order chi connectivity index (χ1) is 17.5. The summed E-state index contributed by atoms with van der Waals surface area (Å²) < 4.78 is 26.1. The minimum Gasteiger partial charge on any atom is -0.593 e. The Bertz CT molecular complexity index is 1270. The maximum absolute atomic E-state index is 13.3. The van der Waals surface area contributed by atoms with E-state index in [0.29, 0.717) is 11.8 Å². The molecule has 36 heavy (non-hydrogen) atoms. The first-order valence-electron chi connectivity index (χ1n) is 12.6. The molecule has 2 fully saturated rings. The molecule has 7 heteroatoms. The van der Waals surface area contributed by atoms with Crippen LogP contribution >= 0.6 is 0 Å². The average Bonchev–Trinajstić information content (AvgIpc) is 3.59. The van der Waals surface area contributed by atoms with Crippen LogP contribution in [0.25, 0.3) is 11.1 Å². The Morgan fingerprint density at radius 3 is 2.58 bits per heavy atom. The number of carbonyl (C=O) groups is 1. The van der Waals surface area contributed by atoms with E-state index in [1.165, 1.54) is 6.42 Å². The highest BCUT2D eigenvalue weighted by molar-refractivity contribution is 7.89. The van der Waals surface area contributed by atoms with Crippen molar-refractivity contribution in [2.24, 2.45) is 0 Å². The van der Waals surface area contributed by atoms with Crippen LogP contribution in [0.5, 0.6) is 11.5 Å². The fraction of sp³-hybridized carbons (Fsp3) is 0.345. The molecule has 3 aromatic carbocycles. The molecule has 0 radical (unpaired) electrons. The third-order valence-corrected chi connectivity index (χ3v) is 9.22. The van der Waals surface area contributed by atoms with Gasteiger partial charge in [0.15, 0.2) is 16.4 Å². The second-order valence-electron chi connectivity index (χ2n) is 9.94. The van der Waals surface area contributed by atoms with Gasteiger partial charge in [-0.1, -0.05) is 24.6 Å². The van der Waals surface area contributed by atoms with Crippen molar-refractivity contribution in [3.05, 3.63) is 72.3 Å². The number of hydrogen-bond donors (Lipinski definition) is 1. The Labute approximate surface area is 214 Å². The Morgan fingerprint density at radius 2 is 1.81 bits per heavy atom. The third kappa shape index (κ3) is 4.36. The zero-order valence-electron chi connectivity index (χ0n) is 20.4. The van der Waals surface area contributed by atoms with Crippen molar-refractivity contribution >= 4 is 23.0 Å². The van der Waals surface area contributed by atoms with Crippen molar-refractivity contribution in [2.45, 2.75) is 55.4 Å². The van der Waals surface area contributed by atoms with Crippen LogP contribution < -0.4 is 14.8 Å². The number of ether oxygens (including phenoxy) is 2. The lowest BCUT2D eigenvalue weighted by Crippen LogP contribution is -2.41. The number of nitrogens with zero attached hydrogens (tertiary/aromatic N) is 1. The van der Waals surface area contributed by atoms with E-state index in [9.17, 15) is 9.35 Å². The molecule has 1 saturated carbocycles. The standard InChI is InChI=1S/C29H30N2O4S/c1-20-5-2-3-16-31(20)36(33)25-11-8-21(9-12-25)22-6-4-7-24(17-22)30-28(32)29(14-15-29)23-10-13-26-27(18-23)35-19-34-26/h4,6-13,17-18,20H,2-3,5,14-16,19H2,1H3,(H,30,32). The van der Waals surface area contributed by atoms with Gasteiger partial charge in [-0.15, -0.1) is 4.31 Å². The molecule has 1 aliphatic carbocycles. The van der Waals surface area contributed by atoms with Crippen LogP contribution in [0.3, 0.4) is 0 Å². The normalized spacial score (nSPS) is 21.1. The van der Waals surface area contributed by atoms with Gasteiger partial charge < -0.3 is 19.3 Å². The van der Waals surface area contributed by atoms with Gasteiger partial charge in [-0.25, -0.2) is 0 Å². The summed E-state index contributed by atoms with van der Waals surface area (Å²) >= 11 is -1.14. The van der Waals surface area contributed by atoms with Crippen molar-refractivity contribution in [3.8, 4) is 22.6 Å². The van der Waals surface area contributed by atoms with E-state index >= 15 is 0 Å². The molecule has 2 heterocycles. The quantitative estimate of drug-likeness (QED) is 0.441. The molecule has 2 aliphatic heterocycles. The summed E-state index contributed by atoms with van der Waals surface area (Å²) in [6.07, 6.45) is 5.03. The average molecular weight is 503 g/mol. The number of carbonyl (C=O) groups excluding carboxylic acids is 1. The number of amides is 1. The maximum Gasteiger partial charge on any atom is 0.235 e. The number of anilines is 1. The predicted octanol–water partition coefficient (Wildman–Crippen LogP) is 5.65. The topological polar surface area (TPSA) is 73.9 Å². The van der Waals surface area contributed by atoms with Gasteiger partial charge >= 0.3 is 0 Å². The molecule has 2 atom stereocenters. The zero-order chi connectivity index (χ0) is 24.7. The summed E-state index contributed by atoms with van der Waals surface area (Å²) in [5.41, 5.74) is 3.24. The molecule has 1 N–H and O–H groups in total. The molecule has 6 nitrogen and oxygen atoms in total. The highest BCUT2D eigenvalue weighted by Crippen LogP contribution is 2.51. The molecule has 6 rings (SSSR count). The first-order valence-corrected chi connectivity index (χ1v) is 13.7. The molecule has 0 aromatic heterocycles.